The van der Waals surface area contributed by atoms with Gasteiger partial charge in [-0.1, -0.05) is 19.8 Å². The molecule has 1 heterocycles. The van der Waals surface area contributed by atoms with Crippen LogP contribution in [0.15, 0.2) is 6.20 Å². The summed E-state index contributed by atoms with van der Waals surface area (Å²) >= 11 is 1.76. The maximum atomic E-state index is 6.49. The lowest BCUT2D eigenvalue weighted by molar-refractivity contribution is 0.206. The highest BCUT2D eigenvalue weighted by Crippen LogP contribution is 2.40. The molecule has 1 aromatic rings. The summed E-state index contributed by atoms with van der Waals surface area (Å²) in [6.07, 6.45) is 6.86. The number of hydrogen-bond acceptors (Lipinski definition) is 3. The van der Waals surface area contributed by atoms with Crippen LogP contribution in [-0.2, 0) is 5.54 Å². The van der Waals surface area contributed by atoms with Gasteiger partial charge in [-0.15, -0.1) is 11.3 Å². The zero-order valence-corrected chi connectivity index (χ0v) is 9.73. The summed E-state index contributed by atoms with van der Waals surface area (Å²) in [5.41, 5.74) is 6.34. The molecule has 0 amide bonds. The Morgan fingerprint density at radius 1 is 1.57 bits per heavy atom. The minimum absolute atomic E-state index is 0.142. The summed E-state index contributed by atoms with van der Waals surface area (Å²) in [6, 6.07) is 0. The molecule has 14 heavy (non-hydrogen) atoms. The number of hydrogen-bond donors (Lipinski definition) is 1. The Morgan fingerprint density at radius 2 is 2.36 bits per heavy atom. The van der Waals surface area contributed by atoms with Gasteiger partial charge in [-0.25, -0.2) is 4.98 Å². The SMILES string of the molecule is Cc1cnc(C2(N)CCCCC2C)s1. The zero-order chi connectivity index (χ0) is 10.2. The Bertz CT molecular complexity index is 321. The van der Waals surface area contributed by atoms with Crippen LogP contribution in [-0.4, -0.2) is 4.98 Å². The van der Waals surface area contributed by atoms with Crippen LogP contribution in [0.5, 0.6) is 0 Å². The first-order chi connectivity index (χ1) is 6.63. The molecule has 2 nitrogen and oxygen atoms in total. The van der Waals surface area contributed by atoms with Crippen LogP contribution in [0.2, 0.25) is 0 Å². The number of thiazole rings is 1. The molecule has 0 saturated heterocycles. The van der Waals surface area contributed by atoms with Gasteiger partial charge in [0.05, 0.1) is 5.54 Å². The molecule has 3 heteroatoms. The highest BCUT2D eigenvalue weighted by molar-refractivity contribution is 7.11. The van der Waals surface area contributed by atoms with Gasteiger partial charge in [-0.05, 0) is 25.7 Å². The van der Waals surface area contributed by atoms with Crippen molar-refractivity contribution in [1.29, 1.82) is 0 Å². The summed E-state index contributed by atoms with van der Waals surface area (Å²) in [6.45, 7) is 4.36. The van der Waals surface area contributed by atoms with Gasteiger partial charge >= 0.3 is 0 Å². The molecule has 0 radical (unpaired) electrons. The van der Waals surface area contributed by atoms with Crippen molar-refractivity contribution in [1.82, 2.24) is 4.98 Å². The summed E-state index contributed by atoms with van der Waals surface area (Å²) in [4.78, 5) is 5.72. The normalized spacial score (nSPS) is 33.2. The van der Waals surface area contributed by atoms with Crippen molar-refractivity contribution >= 4 is 11.3 Å². The molecule has 2 atom stereocenters. The van der Waals surface area contributed by atoms with Crippen LogP contribution in [0.3, 0.4) is 0 Å². The van der Waals surface area contributed by atoms with Gasteiger partial charge < -0.3 is 5.73 Å². The molecule has 0 aromatic carbocycles. The maximum Gasteiger partial charge on any atom is 0.113 e. The fourth-order valence-electron chi connectivity index (χ4n) is 2.26. The Morgan fingerprint density at radius 3 is 2.93 bits per heavy atom. The Hall–Kier alpha value is -0.410. The van der Waals surface area contributed by atoms with Gasteiger partial charge in [0.1, 0.15) is 5.01 Å². The number of aryl methyl sites for hydroxylation is 1. The van der Waals surface area contributed by atoms with E-state index >= 15 is 0 Å². The quantitative estimate of drug-likeness (QED) is 0.774. The smallest absolute Gasteiger partial charge is 0.113 e. The Labute approximate surface area is 89.5 Å². The van der Waals surface area contributed by atoms with Crippen molar-refractivity contribution in [2.75, 3.05) is 0 Å². The van der Waals surface area contributed by atoms with Crippen LogP contribution in [0.4, 0.5) is 0 Å². The summed E-state index contributed by atoms with van der Waals surface area (Å²) in [7, 11) is 0. The first-order valence-electron chi connectivity index (χ1n) is 5.35. The van der Waals surface area contributed by atoms with E-state index in [1.807, 2.05) is 6.20 Å². The van der Waals surface area contributed by atoms with Crippen LogP contribution in [0.1, 0.15) is 42.5 Å². The average molecular weight is 210 g/mol. The molecule has 2 unspecified atom stereocenters. The lowest BCUT2D eigenvalue weighted by atomic mass is 9.75. The van der Waals surface area contributed by atoms with Gasteiger partial charge in [0, 0.05) is 11.1 Å². The number of nitrogens with zero attached hydrogens (tertiary/aromatic N) is 1. The molecular weight excluding hydrogens is 192 g/mol. The predicted molar refractivity (Wildman–Crippen MR) is 60.3 cm³/mol. The second-order valence-electron chi connectivity index (χ2n) is 4.46. The van der Waals surface area contributed by atoms with E-state index in [1.165, 1.54) is 24.1 Å². The van der Waals surface area contributed by atoms with Gasteiger partial charge in [0.2, 0.25) is 0 Å². The fraction of sp³-hybridized carbons (Fsp3) is 0.727. The molecule has 1 aliphatic rings. The van der Waals surface area contributed by atoms with Gasteiger partial charge in [0.25, 0.3) is 0 Å². The highest BCUT2D eigenvalue weighted by atomic mass is 32.1. The van der Waals surface area contributed by atoms with E-state index in [0.29, 0.717) is 5.92 Å². The van der Waals surface area contributed by atoms with Gasteiger partial charge in [-0.3, -0.25) is 0 Å². The molecule has 0 spiro atoms. The third-order valence-electron chi connectivity index (χ3n) is 3.38. The van der Waals surface area contributed by atoms with E-state index in [-0.39, 0.29) is 5.54 Å². The van der Waals surface area contributed by atoms with Crippen molar-refractivity contribution in [2.24, 2.45) is 11.7 Å². The van der Waals surface area contributed by atoms with Crippen molar-refractivity contribution < 1.29 is 0 Å². The van der Waals surface area contributed by atoms with E-state index in [2.05, 4.69) is 18.8 Å². The van der Waals surface area contributed by atoms with E-state index in [0.717, 1.165) is 11.4 Å². The molecule has 1 aromatic heterocycles. The molecule has 0 aliphatic heterocycles. The molecule has 2 N–H and O–H groups in total. The molecule has 1 aliphatic carbocycles. The number of rotatable bonds is 1. The van der Waals surface area contributed by atoms with Crippen molar-refractivity contribution in [3.63, 3.8) is 0 Å². The number of nitrogens with two attached hydrogens (primary N) is 1. The van der Waals surface area contributed by atoms with Crippen LogP contribution < -0.4 is 5.73 Å². The van der Waals surface area contributed by atoms with E-state index in [1.54, 1.807) is 11.3 Å². The van der Waals surface area contributed by atoms with Crippen LogP contribution >= 0.6 is 11.3 Å². The van der Waals surface area contributed by atoms with Gasteiger partial charge in [0.15, 0.2) is 0 Å². The third kappa shape index (κ3) is 1.59. The van der Waals surface area contributed by atoms with Crippen molar-refractivity contribution in [2.45, 2.75) is 45.1 Å². The molecule has 0 bridgehead atoms. The fourth-order valence-corrected chi connectivity index (χ4v) is 3.27. The summed E-state index contributed by atoms with van der Waals surface area (Å²) < 4.78 is 0. The topological polar surface area (TPSA) is 38.9 Å². The van der Waals surface area contributed by atoms with Gasteiger partial charge in [-0.2, -0.15) is 0 Å². The predicted octanol–water partition coefficient (Wildman–Crippen LogP) is 2.82. The lowest BCUT2D eigenvalue weighted by Crippen LogP contribution is -2.45. The largest absolute Gasteiger partial charge is 0.319 e. The lowest BCUT2D eigenvalue weighted by Gasteiger charge is -2.37. The summed E-state index contributed by atoms with van der Waals surface area (Å²) in [5.74, 6) is 0.571. The van der Waals surface area contributed by atoms with Crippen molar-refractivity contribution in [3.05, 3.63) is 16.1 Å². The minimum Gasteiger partial charge on any atom is -0.319 e. The molecular formula is C11H18N2S. The van der Waals surface area contributed by atoms with Crippen LogP contribution in [0, 0.1) is 12.8 Å². The Kier molecular flexibility index (Phi) is 2.62. The third-order valence-corrected chi connectivity index (χ3v) is 4.48. The standard InChI is InChI=1S/C11H18N2S/c1-8-5-3-4-6-11(8,12)10-13-7-9(2)14-10/h7-8H,3-6,12H2,1-2H3. The minimum atomic E-state index is -0.142. The monoisotopic (exact) mass is 210 g/mol. The first-order valence-corrected chi connectivity index (χ1v) is 6.16. The van der Waals surface area contributed by atoms with E-state index in [9.17, 15) is 0 Å². The second kappa shape index (κ2) is 3.63. The molecule has 2 rings (SSSR count). The second-order valence-corrected chi connectivity index (χ2v) is 5.70. The molecule has 1 fully saturated rings. The average Bonchev–Trinajstić information content (AvgIpc) is 2.58. The number of aromatic nitrogens is 1. The zero-order valence-electron chi connectivity index (χ0n) is 8.92. The highest BCUT2D eigenvalue weighted by Gasteiger charge is 2.38. The molecule has 1 saturated carbocycles. The van der Waals surface area contributed by atoms with Crippen molar-refractivity contribution in [3.8, 4) is 0 Å². The first kappa shape index (κ1) is 10.1. The maximum absolute atomic E-state index is 6.49. The Balaban J connectivity index is 2.29. The van der Waals surface area contributed by atoms with Crippen LogP contribution in [0.25, 0.3) is 0 Å². The summed E-state index contributed by atoms with van der Waals surface area (Å²) in [5, 5.41) is 1.14. The van der Waals surface area contributed by atoms with E-state index in [4.69, 9.17) is 5.73 Å². The van der Waals surface area contributed by atoms with E-state index < -0.39 is 0 Å². The molecule has 78 valence electrons.